The fraction of sp³-hybridized carbons (Fsp3) is 0.500. The van der Waals surface area contributed by atoms with E-state index in [-0.39, 0.29) is 5.41 Å². The largest absolute Gasteiger partial charge is 0.492 e. The molecule has 0 heterocycles. The van der Waals surface area contributed by atoms with Gasteiger partial charge in [-0.1, -0.05) is 20.8 Å². The Kier molecular flexibility index (Phi) is 4.66. The minimum Gasteiger partial charge on any atom is -0.492 e. The molecule has 0 bridgehead atoms. The highest BCUT2D eigenvalue weighted by Gasteiger charge is 2.13. The predicted molar refractivity (Wildman–Crippen MR) is 77.6 cm³/mol. The lowest BCUT2D eigenvalue weighted by molar-refractivity contribution is 0.197. The molecular formula is C12H18BrNO3S. The van der Waals surface area contributed by atoms with Crippen molar-refractivity contribution < 1.29 is 13.2 Å². The van der Waals surface area contributed by atoms with Crippen LogP contribution >= 0.6 is 15.9 Å². The summed E-state index contributed by atoms with van der Waals surface area (Å²) < 4.78 is 31.0. The predicted octanol–water partition coefficient (Wildman–Crippen LogP) is 3.25. The number of hydrogen-bond donors (Lipinski definition) is 1. The average Bonchev–Trinajstić information content (AvgIpc) is 2.12. The van der Waals surface area contributed by atoms with Crippen LogP contribution in [0.25, 0.3) is 0 Å². The standard InChI is InChI=1S/C12H18BrNO3S/c1-12(2,3)8-17-11-6-5-9(7-10(11)13)14-18(4,15)16/h5-7,14H,8H2,1-4H3. The fourth-order valence-electron chi connectivity index (χ4n) is 1.19. The van der Waals surface area contributed by atoms with E-state index in [1.165, 1.54) is 0 Å². The zero-order chi connectivity index (χ0) is 14.0. The quantitative estimate of drug-likeness (QED) is 0.918. The molecule has 18 heavy (non-hydrogen) atoms. The maximum Gasteiger partial charge on any atom is 0.229 e. The van der Waals surface area contributed by atoms with Crippen molar-refractivity contribution in [2.45, 2.75) is 20.8 Å². The van der Waals surface area contributed by atoms with E-state index in [9.17, 15) is 8.42 Å². The summed E-state index contributed by atoms with van der Waals surface area (Å²) in [5.41, 5.74) is 0.579. The van der Waals surface area contributed by atoms with E-state index in [1.54, 1.807) is 18.2 Å². The lowest BCUT2D eigenvalue weighted by atomic mass is 9.99. The molecule has 0 unspecified atom stereocenters. The molecule has 1 aromatic carbocycles. The van der Waals surface area contributed by atoms with E-state index in [4.69, 9.17) is 4.74 Å². The average molecular weight is 336 g/mol. The van der Waals surface area contributed by atoms with E-state index < -0.39 is 10.0 Å². The van der Waals surface area contributed by atoms with Crippen molar-refractivity contribution in [1.82, 2.24) is 0 Å². The Hall–Kier alpha value is -0.750. The van der Waals surface area contributed by atoms with E-state index in [1.807, 2.05) is 0 Å². The van der Waals surface area contributed by atoms with Crippen LogP contribution in [0.15, 0.2) is 22.7 Å². The van der Waals surface area contributed by atoms with Crippen molar-refractivity contribution in [3.8, 4) is 5.75 Å². The Morgan fingerprint density at radius 3 is 2.39 bits per heavy atom. The summed E-state index contributed by atoms with van der Waals surface area (Å²) in [5, 5.41) is 0. The molecule has 0 amide bonds. The van der Waals surface area contributed by atoms with Crippen LogP contribution in [0.3, 0.4) is 0 Å². The Morgan fingerprint density at radius 2 is 1.94 bits per heavy atom. The first kappa shape index (κ1) is 15.3. The highest BCUT2D eigenvalue weighted by atomic mass is 79.9. The first-order valence-electron chi connectivity index (χ1n) is 5.47. The molecule has 0 aliphatic carbocycles. The zero-order valence-corrected chi connectivity index (χ0v) is 13.4. The molecule has 0 aliphatic heterocycles. The van der Waals surface area contributed by atoms with Crippen LogP contribution in [-0.4, -0.2) is 21.3 Å². The number of benzene rings is 1. The van der Waals surface area contributed by atoms with Gasteiger partial charge in [0, 0.05) is 5.69 Å². The van der Waals surface area contributed by atoms with E-state index >= 15 is 0 Å². The van der Waals surface area contributed by atoms with Crippen LogP contribution < -0.4 is 9.46 Å². The normalized spacial score (nSPS) is 12.3. The van der Waals surface area contributed by atoms with Gasteiger partial charge in [0.25, 0.3) is 0 Å². The SMILES string of the molecule is CC(C)(C)COc1ccc(NS(C)(=O)=O)cc1Br. The lowest BCUT2D eigenvalue weighted by Gasteiger charge is -2.19. The number of nitrogens with one attached hydrogen (secondary N) is 1. The second-order valence-corrected chi connectivity index (χ2v) is 7.97. The highest BCUT2D eigenvalue weighted by Crippen LogP contribution is 2.29. The fourth-order valence-corrected chi connectivity index (χ4v) is 2.24. The maximum absolute atomic E-state index is 11.1. The molecule has 102 valence electrons. The van der Waals surface area contributed by atoms with Crippen molar-refractivity contribution in [1.29, 1.82) is 0 Å². The molecule has 0 aliphatic rings. The Balaban J connectivity index is 2.80. The van der Waals surface area contributed by atoms with Gasteiger partial charge >= 0.3 is 0 Å². The molecule has 0 spiro atoms. The van der Waals surface area contributed by atoms with Crippen LogP contribution in [0.2, 0.25) is 0 Å². The van der Waals surface area contributed by atoms with Crippen molar-refractivity contribution in [2.24, 2.45) is 5.41 Å². The van der Waals surface area contributed by atoms with E-state index in [0.29, 0.717) is 18.0 Å². The first-order chi connectivity index (χ1) is 8.07. The van der Waals surface area contributed by atoms with Crippen molar-refractivity contribution in [3.63, 3.8) is 0 Å². The molecule has 0 saturated carbocycles. The molecule has 0 saturated heterocycles. The van der Waals surface area contributed by atoms with Gasteiger partial charge < -0.3 is 4.74 Å². The molecule has 4 nitrogen and oxygen atoms in total. The van der Waals surface area contributed by atoms with Gasteiger partial charge in [-0.15, -0.1) is 0 Å². The summed E-state index contributed by atoms with van der Waals surface area (Å²) in [6.07, 6.45) is 1.12. The number of sulfonamides is 1. The van der Waals surface area contributed by atoms with Crippen molar-refractivity contribution >= 4 is 31.6 Å². The molecule has 0 aromatic heterocycles. The number of ether oxygens (including phenoxy) is 1. The van der Waals surface area contributed by atoms with Crippen LogP contribution in [-0.2, 0) is 10.0 Å². The van der Waals surface area contributed by atoms with Crippen molar-refractivity contribution in [2.75, 3.05) is 17.6 Å². The number of anilines is 1. The van der Waals surface area contributed by atoms with E-state index in [0.717, 1.165) is 10.7 Å². The van der Waals surface area contributed by atoms with Gasteiger partial charge in [-0.25, -0.2) is 8.42 Å². The monoisotopic (exact) mass is 335 g/mol. The first-order valence-corrected chi connectivity index (χ1v) is 8.15. The Bertz CT molecular complexity index is 521. The van der Waals surface area contributed by atoms with Gasteiger partial charge in [0.1, 0.15) is 5.75 Å². The summed E-state index contributed by atoms with van der Waals surface area (Å²) in [5.74, 6) is 0.698. The minimum atomic E-state index is -3.25. The molecular weight excluding hydrogens is 318 g/mol. The number of halogens is 1. The molecule has 1 N–H and O–H groups in total. The number of rotatable bonds is 4. The minimum absolute atomic E-state index is 0.0725. The van der Waals surface area contributed by atoms with E-state index in [2.05, 4.69) is 41.4 Å². The molecule has 1 aromatic rings. The van der Waals surface area contributed by atoms with Gasteiger partial charge in [0.2, 0.25) is 10.0 Å². The Labute approximate surface area is 117 Å². The third-order valence-corrected chi connectivity index (χ3v) is 3.12. The maximum atomic E-state index is 11.1. The lowest BCUT2D eigenvalue weighted by Crippen LogP contribution is -2.17. The second-order valence-electron chi connectivity index (χ2n) is 5.37. The summed E-state index contributed by atoms with van der Waals surface area (Å²) in [6.45, 7) is 6.84. The topological polar surface area (TPSA) is 55.4 Å². The highest BCUT2D eigenvalue weighted by molar-refractivity contribution is 9.10. The third-order valence-electron chi connectivity index (χ3n) is 1.90. The smallest absolute Gasteiger partial charge is 0.229 e. The van der Waals surface area contributed by atoms with Crippen LogP contribution in [0.5, 0.6) is 5.75 Å². The molecule has 0 fully saturated rings. The third kappa shape index (κ3) is 5.73. The van der Waals surface area contributed by atoms with Crippen LogP contribution in [0.1, 0.15) is 20.8 Å². The summed E-state index contributed by atoms with van der Waals surface area (Å²) in [7, 11) is -3.25. The van der Waals surface area contributed by atoms with Crippen LogP contribution in [0, 0.1) is 5.41 Å². The second kappa shape index (κ2) is 5.48. The summed E-state index contributed by atoms with van der Waals surface area (Å²) in [6, 6.07) is 5.09. The summed E-state index contributed by atoms with van der Waals surface area (Å²) in [4.78, 5) is 0. The van der Waals surface area contributed by atoms with Gasteiger partial charge in [0.05, 0.1) is 17.3 Å². The number of hydrogen-bond acceptors (Lipinski definition) is 3. The van der Waals surface area contributed by atoms with Crippen molar-refractivity contribution in [3.05, 3.63) is 22.7 Å². The zero-order valence-electron chi connectivity index (χ0n) is 11.0. The molecule has 0 radical (unpaired) electrons. The molecule has 6 heteroatoms. The molecule has 1 rings (SSSR count). The van der Waals surface area contributed by atoms with Gasteiger partial charge in [-0.05, 0) is 39.5 Å². The summed E-state index contributed by atoms with van der Waals surface area (Å²) >= 11 is 3.36. The Morgan fingerprint density at radius 1 is 1.33 bits per heavy atom. The van der Waals surface area contributed by atoms with Gasteiger partial charge in [0.15, 0.2) is 0 Å². The van der Waals surface area contributed by atoms with Gasteiger partial charge in [-0.2, -0.15) is 0 Å². The molecule has 0 atom stereocenters. The van der Waals surface area contributed by atoms with Crippen LogP contribution in [0.4, 0.5) is 5.69 Å². The van der Waals surface area contributed by atoms with Gasteiger partial charge in [-0.3, -0.25) is 4.72 Å².